The third-order valence-electron chi connectivity index (χ3n) is 2.96. The third kappa shape index (κ3) is 3.97. The highest BCUT2D eigenvalue weighted by Gasteiger charge is 2.08. The zero-order chi connectivity index (χ0) is 15.9. The Morgan fingerprint density at radius 2 is 2.00 bits per heavy atom. The molecule has 0 N–H and O–H groups in total. The van der Waals surface area contributed by atoms with Gasteiger partial charge in [-0.15, -0.1) is 0 Å². The number of carbonyl (C=O) groups is 1. The van der Waals surface area contributed by atoms with Gasteiger partial charge >= 0.3 is 5.97 Å². The maximum absolute atomic E-state index is 11.9. The van der Waals surface area contributed by atoms with Gasteiger partial charge in [-0.2, -0.15) is 5.26 Å². The van der Waals surface area contributed by atoms with Crippen LogP contribution in [-0.4, -0.2) is 13.1 Å². The van der Waals surface area contributed by atoms with E-state index < -0.39 is 5.97 Å². The molecule has 0 bridgehead atoms. The molecule has 2 rings (SSSR count). The average Bonchev–Trinajstić information content (AvgIpc) is 2.53. The van der Waals surface area contributed by atoms with Crippen LogP contribution < -0.4 is 9.47 Å². The second-order valence-electron chi connectivity index (χ2n) is 4.65. The van der Waals surface area contributed by atoms with Gasteiger partial charge in [-0.05, 0) is 30.7 Å². The summed E-state index contributed by atoms with van der Waals surface area (Å²) in [5, 5.41) is 8.84. The minimum atomic E-state index is -0.510. The summed E-state index contributed by atoms with van der Waals surface area (Å²) >= 11 is 0. The minimum Gasteiger partial charge on any atom is -0.493 e. The van der Waals surface area contributed by atoms with Crippen LogP contribution in [0.25, 0.3) is 6.08 Å². The lowest BCUT2D eigenvalue weighted by Gasteiger charge is -2.07. The number of methoxy groups -OCH3 is 1. The van der Waals surface area contributed by atoms with Crippen molar-refractivity contribution in [3.05, 3.63) is 65.2 Å². The normalized spacial score (nSPS) is 10.2. The van der Waals surface area contributed by atoms with Crippen molar-refractivity contribution >= 4 is 12.0 Å². The highest BCUT2D eigenvalue weighted by Crippen LogP contribution is 2.28. The molecule has 0 aliphatic carbocycles. The number of hydrogen-bond donors (Lipinski definition) is 0. The van der Waals surface area contributed by atoms with E-state index >= 15 is 0 Å². The van der Waals surface area contributed by atoms with Crippen LogP contribution in [0.5, 0.6) is 11.5 Å². The van der Waals surface area contributed by atoms with E-state index in [0.717, 1.165) is 11.1 Å². The Balaban J connectivity index is 2.11. The fraction of sp³-hybridized carbons (Fsp3) is 0.111. The van der Waals surface area contributed by atoms with E-state index in [9.17, 15) is 4.79 Å². The Morgan fingerprint density at radius 1 is 1.18 bits per heavy atom. The molecule has 2 aromatic rings. The zero-order valence-corrected chi connectivity index (χ0v) is 12.4. The minimum absolute atomic E-state index is 0.278. The number of rotatable bonds is 4. The van der Waals surface area contributed by atoms with Gasteiger partial charge in [-0.25, -0.2) is 4.79 Å². The number of carbonyl (C=O) groups excluding carboxylic acids is 1. The molecule has 22 heavy (non-hydrogen) atoms. The molecule has 0 amide bonds. The molecule has 4 heteroatoms. The number of hydrogen-bond acceptors (Lipinski definition) is 4. The van der Waals surface area contributed by atoms with E-state index in [1.807, 2.05) is 37.3 Å². The Labute approximate surface area is 129 Å². The van der Waals surface area contributed by atoms with Crippen LogP contribution in [0.1, 0.15) is 16.7 Å². The summed E-state index contributed by atoms with van der Waals surface area (Å²) in [6.45, 7) is 1.98. The van der Waals surface area contributed by atoms with Crippen LogP contribution in [0.15, 0.2) is 48.5 Å². The summed E-state index contributed by atoms with van der Waals surface area (Å²) in [5.41, 5.74) is 2.47. The Morgan fingerprint density at radius 3 is 2.68 bits per heavy atom. The van der Waals surface area contributed by atoms with E-state index in [2.05, 4.69) is 0 Å². The van der Waals surface area contributed by atoms with Gasteiger partial charge in [0, 0.05) is 12.1 Å². The molecule has 0 atom stereocenters. The van der Waals surface area contributed by atoms with Crippen molar-refractivity contribution in [3.8, 4) is 17.6 Å². The maximum atomic E-state index is 11.9. The Kier molecular flexibility index (Phi) is 4.94. The van der Waals surface area contributed by atoms with Crippen molar-refractivity contribution in [2.24, 2.45) is 0 Å². The largest absolute Gasteiger partial charge is 0.493 e. The topological polar surface area (TPSA) is 59.3 Å². The molecule has 0 fully saturated rings. The first-order valence-corrected chi connectivity index (χ1v) is 6.67. The van der Waals surface area contributed by atoms with Crippen molar-refractivity contribution in [1.29, 1.82) is 5.26 Å². The molecule has 0 heterocycles. The molecule has 0 unspecified atom stereocenters. The second kappa shape index (κ2) is 7.09. The first-order chi connectivity index (χ1) is 10.6. The number of benzene rings is 2. The highest BCUT2D eigenvalue weighted by molar-refractivity contribution is 5.89. The molecule has 110 valence electrons. The smallest absolute Gasteiger partial charge is 0.336 e. The van der Waals surface area contributed by atoms with Crippen LogP contribution in [0.2, 0.25) is 0 Å². The molecule has 0 spiro atoms. The summed E-state index contributed by atoms with van der Waals surface area (Å²) < 4.78 is 10.3. The van der Waals surface area contributed by atoms with Crippen molar-refractivity contribution in [1.82, 2.24) is 0 Å². The van der Waals surface area contributed by atoms with Gasteiger partial charge in [0.25, 0.3) is 0 Å². The van der Waals surface area contributed by atoms with Crippen LogP contribution in [0.4, 0.5) is 0 Å². The standard InChI is InChI=1S/C18H15NO3/c1-13-4-3-5-14(10-13)7-9-18(20)22-16-8-6-15(12-19)11-17(16)21-2/h3-11H,1-2H3/b9-7+. The lowest BCUT2D eigenvalue weighted by atomic mass is 10.1. The predicted octanol–water partition coefficient (Wildman–Crippen LogP) is 3.49. The highest BCUT2D eigenvalue weighted by atomic mass is 16.6. The zero-order valence-electron chi connectivity index (χ0n) is 12.4. The summed E-state index contributed by atoms with van der Waals surface area (Å²) in [6, 6.07) is 14.4. The SMILES string of the molecule is COc1cc(C#N)ccc1OC(=O)/C=C/c1cccc(C)c1. The molecule has 2 aromatic carbocycles. The van der Waals surface area contributed by atoms with Crippen molar-refractivity contribution in [2.75, 3.05) is 7.11 Å². The molecule has 0 aromatic heterocycles. The van der Waals surface area contributed by atoms with Crippen LogP contribution >= 0.6 is 0 Å². The third-order valence-corrected chi connectivity index (χ3v) is 2.96. The second-order valence-corrected chi connectivity index (χ2v) is 4.65. The predicted molar refractivity (Wildman–Crippen MR) is 83.6 cm³/mol. The summed E-state index contributed by atoms with van der Waals surface area (Å²) in [4.78, 5) is 11.9. The summed E-state index contributed by atoms with van der Waals surface area (Å²) in [7, 11) is 1.45. The van der Waals surface area contributed by atoms with Gasteiger partial charge < -0.3 is 9.47 Å². The molecule has 0 aliphatic rings. The van der Waals surface area contributed by atoms with Gasteiger partial charge in [-0.1, -0.05) is 29.8 Å². The first kappa shape index (κ1) is 15.3. The van der Waals surface area contributed by atoms with Gasteiger partial charge in [-0.3, -0.25) is 0 Å². The van der Waals surface area contributed by atoms with Gasteiger partial charge in [0.1, 0.15) is 0 Å². The molecule has 4 nitrogen and oxygen atoms in total. The van der Waals surface area contributed by atoms with Crippen molar-refractivity contribution in [3.63, 3.8) is 0 Å². The van der Waals surface area contributed by atoms with Crippen LogP contribution in [-0.2, 0) is 4.79 Å². The van der Waals surface area contributed by atoms with Crippen molar-refractivity contribution in [2.45, 2.75) is 6.92 Å². The van der Waals surface area contributed by atoms with E-state index in [4.69, 9.17) is 14.7 Å². The first-order valence-electron chi connectivity index (χ1n) is 6.67. The maximum Gasteiger partial charge on any atom is 0.336 e. The van der Waals surface area contributed by atoms with E-state index in [0.29, 0.717) is 11.3 Å². The molecular weight excluding hydrogens is 278 g/mol. The lowest BCUT2D eigenvalue weighted by Crippen LogP contribution is -2.05. The lowest BCUT2D eigenvalue weighted by molar-refractivity contribution is -0.129. The Hall–Kier alpha value is -3.06. The van der Waals surface area contributed by atoms with Crippen LogP contribution in [0, 0.1) is 18.3 Å². The molecule has 0 saturated carbocycles. The number of esters is 1. The van der Waals surface area contributed by atoms with Crippen LogP contribution in [0.3, 0.4) is 0 Å². The van der Waals surface area contributed by atoms with Gasteiger partial charge in [0.05, 0.1) is 18.7 Å². The van der Waals surface area contributed by atoms with Gasteiger partial charge in [0.2, 0.25) is 0 Å². The summed E-state index contributed by atoms with van der Waals surface area (Å²) in [6.07, 6.45) is 3.04. The molecular formula is C18H15NO3. The Bertz CT molecular complexity index is 757. The van der Waals surface area contributed by atoms with Crippen molar-refractivity contribution < 1.29 is 14.3 Å². The van der Waals surface area contributed by atoms with E-state index in [1.165, 1.54) is 25.3 Å². The summed E-state index contributed by atoms with van der Waals surface area (Å²) in [5.74, 6) is 0.112. The molecule has 0 saturated heterocycles. The average molecular weight is 293 g/mol. The van der Waals surface area contributed by atoms with E-state index in [1.54, 1.807) is 12.1 Å². The van der Waals surface area contributed by atoms with Gasteiger partial charge in [0.15, 0.2) is 11.5 Å². The number of ether oxygens (including phenoxy) is 2. The molecule has 0 aliphatic heterocycles. The molecule has 0 radical (unpaired) electrons. The number of nitrogens with zero attached hydrogens (tertiary/aromatic N) is 1. The quantitative estimate of drug-likeness (QED) is 0.492. The number of aryl methyl sites for hydroxylation is 1. The van der Waals surface area contributed by atoms with E-state index in [-0.39, 0.29) is 5.75 Å². The monoisotopic (exact) mass is 293 g/mol. The fourth-order valence-corrected chi connectivity index (χ4v) is 1.90. The number of nitriles is 1. The fourth-order valence-electron chi connectivity index (χ4n) is 1.90.